The fraction of sp³-hybridized carbons (Fsp3) is 0.417. The fourth-order valence-corrected chi connectivity index (χ4v) is 4.94. The summed E-state index contributed by atoms with van der Waals surface area (Å²) in [7, 11) is 1.64. The van der Waals surface area contributed by atoms with E-state index in [-0.39, 0.29) is 11.6 Å². The van der Waals surface area contributed by atoms with E-state index in [2.05, 4.69) is 28.9 Å². The van der Waals surface area contributed by atoms with Crippen LogP contribution in [0.5, 0.6) is 5.75 Å². The molecule has 5 rings (SSSR count). The van der Waals surface area contributed by atoms with Crippen LogP contribution < -0.4 is 10.3 Å². The largest absolute Gasteiger partial charge is 0.497 e. The molecule has 0 N–H and O–H groups in total. The highest BCUT2D eigenvalue weighted by atomic mass is 16.5. The van der Waals surface area contributed by atoms with E-state index >= 15 is 0 Å². The molecule has 0 radical (unpaired) electrons. The molecule has 31 heavy (non-hydrogen) atoms. The molecule has 1 aliphatic rings. The third kappa shape index (κ3) is 3.19. The Kier molecular flexibility index (Phi) is 4.76. The van der Waals surface area contributed by atoms with Crippen LogP contribution in [0.4, 0.5) is 0 Å². The minimum Gasteiger partial charge on any atom is -0.497 e. The molecule has 160 valence electrons. The van der Waals surface area contributed by atoms with Gasteiger partial charge in [-0.1, -0.05) is 38.8 Å². The van der Waals surface area contributed by atoms with Gasteiger partial charge in [0.2, 0.25) is 0 Å². The van der Waals surface area contributed by atoms with E-state index in [4.69, 9.17) is 4.74 Å². The van der Waals surface area contributed by atoms with Gasteiger partial charge in [-0.2, -0.15) is 9.50 Å². The van der Waals surface area contributed by atoms with Crippen molar-refractivity contribution in [2.45, 2.75) is 46.1 Å². The highest BCUT2D eigenvalue weighted by molar-refractivity contribution is 5.93. The van der Waals surface area contributed by atoms with Crippen molar-refractivity contribution in [3.63, 3.8) is 0 Å². The van der Waals surface area contributed by atoms with E-state index in [0.717, 1.165) is 24.2 Å². The standard InChI is InChI=1S/C24H27N5O2/c1-14-7-5-10-20(15(14)2)28-12-11-19-21(23(28)30)22(17-8-6-9-18(13-17)31-4)29-24(26-19)25-16(3)27-29/h6,8-9,11-15,20H,5,7,10H2,1-4H3/t14-,15+,20-/m1/s1. The Hall–Kier alpha value is -3.22. The Morgan fingerprint density at radius 3 is 2.77 bits per heavy atom. The molecule has 3 aromatic heterocycles. The van der Waals surface area contributed by atoms with Crippen LogP contribution in [0, 0.1) is 18.8 Å². The first-order chi connectivity index (χ1) is 15.0. The zero-order valence-electron chi connectivity index (χ0n) is 18.4. The summed E-state index contributed by atoms with van der Waals surface area (Å²) in [4.78, 5) is 23.0. The molecule has 1 aliphatic carbocycles. The number of ether oxygens (including phenoxy) is 1. The van der Waals surface area contributed by atoms with Gasteiger partial charge in [-0.15, -0.1) is 5.10 Å². The molecule has 1 aromatic carbocycles. The molecule has 1 fully saturated rings. The zero-order valence-corrected chi connectivity index (χ0v) is 18.4. The lowest BCUT2D eigenvalue weighted by Gasteiger charge is -2.35. The molecule has 0 bridgehead atoms. The van der Waals surface area contributed by atoms with Gasteiger partial charge in [-0.05, 0) is 43.4 Å². The van der Waals surface area contributed by atoms with Crippen molar-refractivity contribution >= 4 is 16.7 Å². The van der Waals surface area contributed by atoms with E-state index in [1.54, 1.807) is 11.6 Å². The highest BCUT2D eigenvalue weighted by Gasteiger charge is 2.30. The van der Waals surface area contributed by atoms with E-state index < -0.39 is 0 Å². The monoisotopic (exact) mass is 417 g/mol. The maximum Gasteiger partial charge on any atom is 0.262 e. The number of methoxy groups -OCH3 is 1. The SMILES string of the molecule is COc1cccc(-c2c3c(=O)n([C@@H]4CCC[C@@H](C)[C@@H]4C)ccc3nc3nc(C)nn23)c1. The Morgan fingerprint density at radius 1 is 1.13 bits per heavy atom. The number of benzene rings is 1. The van der Waals surface area contributed by atoms with Gasteiger partial charge >= 0.3 is 0 Å². The molecule has 0 unspecified atom stereocenters. The van der Waals surface area contributed by atoms with Crippen molar-refractivity contribution in [2.24, 2.45) is 11.8 Å². The van der Waals surface area contributed by atoms with Crippen LogP contribution >= 0.6 is 0 Å². The summed E-state index contributed by atoms with van der Waals surface area (Å²) in [6.45, 7) is 6.38. The van der Waals surface area contributed by atoms with E-state index in [1.165, 1.54) is 6.42 Å². The van der Waals surface area contributed by atoms with Crippen LogP contribution in [-0.4, -0.2) is 31.3 Å². The first-order valence-electron chi connectivity index (χ1n) is 10.9. The fourth-order valence-electron chi connectivity index (χ4n) is 4.94. The summed E-state index contributed by atoms with van der Waals surface area (Å²) in [5, 5.41) is 5.13. The quantitative estimate of drug-likeness (QED) is 0.493. The second kappa shape index (κ2) is 7.48. The Bertz CT molecular complexity index is 1340. The average molecular weight is 418 g/mol. The van der Waals surface area contributed by atoms with Crippen molar-refractivity contribution in [2.75, 3.05) is 7.11 Å². The number of rotatable bonds is 3. The molecule has 0 saturated heterocycles. The van der Waals surface area contributed by atoms with Crippen molar-refractivity contribution in [1.82, 2.24) is 24.1 Å². The Labute approximate surface area is 180 Å². The zero-order chi connectivity index (χ0) is 21.7. The van der Waals surface area contributed by atoms with Gasteiger partial charge in [-0.25, -0.2) is 4.98 Å². The maximum atomic E-state index is 13.9. The lowest BCUT2D eigenvalue weighted by molar-refractivity contribution is 0.183. The van der Waals surface area contributed by atoms with Crippen LogP contribution in [0.1, 0.15) is 45.0 Å². The molecule has 7 heteroatoms. The lowest BCUT2D eigenvalue weighted by Crippen LogP contribution is -2.33. The summed E-state index contributed by atoms with van der Waals surface area (Å²) in [5.41, 5.74) is 2.16. The van der Waals surface area contributed by atoms with E-state index in [1.807, 2.05) is 48.0 Å². The number of aromatic nitrogens is 5. The molecule has 3 heterocycles. The summed E-state index contributed by atoms with van der Waals surface area (Å²) in [6.07, 6.45) is 5.29. The molecule has 0 aliphatic heterocycles. The van der Waals surface area contributed by atoms with Crippen molar-refractivity contribution in [3.05, 3.63) is 52.7 Å². The van der Waals surface area contributed by atoms with Gasteiger partial charge in [0.05, 0.1) is 23.7 Å². The molecular formula is C24H27N5O2. The van der Waals surface area contributed by atoms with Crippen molar-refractivity contribution in [1.29, 1.82) is 0 Å². The second-order valence-corrected chi connectivity index (χ2v) is 8.69. The lowest BCUT2D eigenvalue weighted by atomic mass is 9.78. The van der Waals surface area contributed by atoms with Crippen LogP contribution in [0.25, 0.3) is 27.9 Å². The number of hydrogen-bond acceptors (Lipinski definition) is 5. The van der Waals surface area contributed by atoms with Gasteiger partial charge in [0.15, 0.2) is 0 Å². The van der Waals surface area contributed by atoms with Crippen LogP contribution in [0.2, 0.25) is 0 Å². The number of pyridine rings is 1. The second-order valence-electron chi connectivity index (χ2n) is 8.69. The molecule has 1 saturated carbocycles. The summed E-state index contributed by atoms with van der Waals surface area (Å²) in [5.74, 6) is 2.85. The predicted molar refractivity (Wildman–Crippen MR) is 120 cm³/mol. The smallest absolute Gasteiger partial charge is 0.262 e. The van der Waals surface area contributed by atoms with Crippen LogP contribution in [0.15, 0.2) is 41.3 Å². The molecular weight excluding hydrogens is 390 g/mol. The number of fused-ring (bicyclic) bond motifs is 2. The van der Waals surface area contributed by atoms with Gasteiger partial charge in [0.25, 0.3) is 11.3 Å². The molecule has 0 amide bonds. The molecule has 4 aromatic rings. The highest BCUT2D eigenvalue weighted by Crippen LogP contribution is 2.37. The van der Waals surface area contributed by atoms with Crippen molar-refractivity contribution in [3.8, 4) is 17.0 Å². The summed E-state index contributed by atoms with van der Waals surface area (Å²) < 4.78 is 9.04. The van der Waals surface area contributed by atoms with E-state index in [9.17, 15) is 4.79 Å². The number of aryl methyl sites for hydroxylation is 1. The minimum absolute atomic E-state index is 0.0242. The predicted octanol–water partition coefficient (Wildman–Crippen LogP) is 4.42. The van der Waals surface area contributed by atoms with E-state index in [0.29, 0.717) is 40.0 Å². The third-order valence-electron chi connectivity index (χ3n) is 6.83. The van der Waals surface area contributed by atoms with Crippen LogP contribution in [-0.2, 0) is 0 Å². The average Bonchev–Trinajstić information content (AvgIpc) is 3.14. The van der Waals surface area contributed by atoms with Gasteiger partial charge in [0, 0.05) is 17.8 Å². The molecule has 3 atom stereocenters. The molecule has 7 nitrogen and oxygen atoms in total. The molecule has 0 spiro atoms. The first-order valence-corrected chi connectivity index (χ1v) is 10.9. The van der Waals surface area contributed by atoms with Crippen LogP contribution in [0.3, 0.4) is 0 Å². The summed E-state index contributed by atoms with van der Waals surface area (Å²) in [6, 6.07) is 9.83. The Balaban J connectivity index is 1.84. The maximum absolute atomic E-state index is 13.9. The van der Waals surface area contributed by atoms with Gasteiger partial charge < -0.3 is 9.30 Å². The number of nitrogens with zero attached hydrogens (tertiary/aromatic N) is 5. The first kappa shape index (κ1) is 19.7. The Morgan fingerprint density at radius 2 is 1.97 bits per heavy atom. The van der Waals surface area contributed by atoms with Gasteiger partial charge in [-0.3, -0.25) is 4.79 Å². The topological polar surface area (TPSA) is 74.3 Å². The minimum atomic E-state index is -0.0242. The van der Waals surface area contributed by atoms with Gasteiger partial charge in [0.1, 0.15) is 11.6 Å². The number of hydrogen-bond donors (Lipinski definition) is 0. The normalized spacial score (nSPS) is 21.6. The summed E-state index contributed by atoms with van der Waals surface area (Å²) >= 11 is 0. The third-order valence-corrected chi connectivity index (χ3v) is 6.83. The van der Waals surface area contributed by atoms with Crippen molar-refractivity contribution < 1.29 is 4.74 Å².